The van der Waals surface area contributed by atoms with E-state index in [0.29, 0.717) is 0 Å². The Labute approximate surface area is 241 Å². The summed E-state index contributed by atoms with van der Waals surface area (Å²) in [6, 6.07) is 10.7. The summed E-state index contributed by atoms with van der Waals surface area (Å²) < 4.78 is 0. The van der Waals surface area contributed by atoms with Gasteiger partial charge in [0.2, 0.25) is 0 Å². The fourth-order valence-electron chi connectivity index (χ4n) is 1.82. The maximum Gasteiger partial charge on any atom is 0.106 e. The lowest BCUT2D eigenvalue weighted by atomic mass is 10.0. The van der Waals surface area contributed by atoms with Crippen LogP contribution in [-0.2, 0) is 4.79 Å². The molecule has 0 bridgehead atoms. The second-order valence-corrected chi connectivity index (χ2v) is 7.29. The quantitative estimate of drug-likeness (QED) is 0.219. The Morgan fingerprint density at radius 1 is 0.595 bits per heavy atom. The van der Waals surface area contributed by atoms with Crippen LogP contribution in [0.4, 0.5) is 0 Å². The number of hydrogen-bond acceptors (Lipinski definition) is 2. The van der Waals surface area contributed by atoms with Crippen molar-refractivity contribution in [1.29, 1.82) is 0 Å². The second kappa shape index (κ2) is 47.0. The van der Waals surface area contributed by atoms with E-state index in [4.69, 9.17) is 4.79 Å². The van der Waals surface area contributed by atoms with Gasteiger partial charge in [0.25, 0.3) is 0 Å². The molecule has 37 heavy (non-hydrogen) atoms. The van der Waals surface area contributed by atoms with Gasteiger partial charge in [0, 0.05) is 4.90 Å². The number of benzene rings is 2. The predicted octanol–water partition coefficient (Wildman–Crippen LogP) is 12.0. The van der Waals surface area contributed by atoms with E-state index in [1.807, 2.05) is 62.2 Å². The highest BCUT2D eigenvalue weighted by molar-refractivity contribution is 7.80. The summed E-state index contributed by atoms with van der Waals surface area (Å²) in [5, 5.41) is 0. The molecule has 0 fully saturated rings. The lowest BCUT2D eigenvalue weighted by Crippen LogP contribution is -1.86. The molecule has 2 heteroatoms. The molecule has 2 rings (SSSR count). The van der Waals surface area contributed by atoms with Crippen LogP contribution in [0.1, 0.15) is 115 Å². The Morgan fingerprint density at radius 2 is 0.865 bits per heavy atom. The van der Waals surface area contributed by atoms with E-state index in [2.05, 4.69) is 123 Å². The molecule has 0 radical (unpaired) electrons. The standard InChI is InChI=1S/C10H14.C8H10S.C4H10.C4H6.3C2H6.C2H4.CH2O/c1-7-5-9(3)10(4)6-8(7)2;1-6-3-4-7(2)8(9)5-6;2*1-3-4-2;5*1-2/h5-6H,1-4H3;3-5,9H,1-2H3;3-4H2,1-2H3;1-2H3;3*1-2H3;1-2H2;1H2. The van der Waals surface area contributed by atoms with Gasteiger partial charge in [-0.3, -0.25) is 0 Å². The molecule has 0 aliphatic carbocycles. The molecule has 0 aliphatic rings. The Morgan fingerprint density at radius 3 is 1.03 bits per heavy atom. The van der Waals surface area contributed by atoms with Crippen molar-refractivity contribution in [3.63, 3.8) is 0 Å². The van der Waals surface area contributed by atoms with Crippen LogP contribution in [0.5, 0.6) is 0 Å². The van der Waals surface area contributed by atoms with Gasteiger partial charge < -0.3 is 4.79 Å². The van der Waals surface area contributed by atoms with Gasteiger partial charge in [-0.05, 0) is 89.3 Å². The smallest absolute Gasteiger partial charge is 0.106 e. The Kier molecular flexibility index (Phi) is 65.3. The molecule has 1 nitrogen and oxygen atoms in total. The summed E-state index contributed by atoms with van der Waals surface area (Å²) in [6.07, 6.45) is 2.64. The molecule has 0 saturated heterocycles. The van der Waals surface area contributed by atoms with E-state index in [-0.39, 0.29) is 0 Å². The van der Waals surface area contributed by atoms with Gasteiger partial charge >= 0.3 is 0 Å². The normalized spacial score (nSPS) is 6.95. The highest BCUT2D eigenvalue weighted by Crippen LogP contribution is 2.14. The number of aryl methyl sites for hydroxylation is 6. The second-order valence-electron chi connectivity index (χ2n) is 6.81. The van der Waals surface area contributed by atoms with Crippen LogP contribution in [0, 0.1) is 53.4 Å². The molecule has 0 N–H and O–H groups in total. The molecule has 0 saturated carbocycles. The van der Waals surface area contributed by atoms with Gasteiger partial charge in [-0.1, -0.05) is 98.1 Å². The van der Waals surface area contributed by atoms with Crippen LogP contribution in [-0.4, -0.2) is 6.79 Å². The van der Waals surface area contributed by atoms with Crippen LogP contribution in [0.25, 0.3) is 0 Å². The van der Waals surface area contributed by atoms with Crippen molar-refractivity contribution in [2.24, 2.45) is 0 Å². The van der Waals surface area contributed by atoms with Crippen molar-refractivity contribution in [3.8, 4) is 11.8 Å². The summed E-state index contributed by atoms with van der Waals surface area (Å²) in [7, 11) is 0. The minimum Gasteiger partial charge on any atom is -0.307 e. The first-order valence-corrected chi connectivity index (χ1v) is 14.0. The third-order valence-corrected chi connectivity index (χ3v) is 4.71. The molecule has 0 aromatic heterocycles. The Balaban J connectivity index is -0.0000000610. The summed E-state index contributed by atoms with van der Waals surface area (Å²) in [6.45, 7) is 40.7. The largest absolute Gasteiger partial charge is 0.307 e. The highest BCUT2D eigenvalue weighted by atomic mass is 32.1. The zero-order valence-electron chi connectivity index (χ0n) is 27.8. The van der Waals surface area contributed by atoms with Crippen LogP contribution < -0.4 is 0 Å². The maximum atomic E-state index is 8.00. The third-order valence-electron chi connectivity index (χ3n) is 4.22. The predicted molar refractivity (Wildman–Crippen MR) is 181 cm³/mol. The van der Waals surface area contributed by atoms with Crippen LogP contribution in [0.2, 0.25) is 0 Å². The zero-order chi connectivity index (χ0) is 31.4. The first kappa shape index (κ1) is 51.4. The van der Waals surface area contributed by atoms with Crippen LogP contribution in [0.3, 0.4) is 0 Å². The van der Waals surface area contributed by atoms with E-state index in [9.17, 15) is 0 Å². The van der Waals surface area contributed by atoms with Crippen molar-refractivity contribution < 1.29 is 4.79 Å². The number of thiol groups is 1. The molecule has 0 spiro atoms. The van der Waals surface area contributed by atoms with Gasteiger partial charge in [-0.25, -0.2) is 0 Å². The average Bonchev–Trinajstić information content (AvgIpc) is 2.96. The lowest BCUT2D eigenvalue weighted by molar-refractivity contribution is -0.0980. The summed E-state index contributed by atoms with van der Waals surface area (Å²) in [4.78, 5) is 9.08. The minimum atomic E-state index is 1.08. The number of carbonyl (C=O) groups excluding carboxylic acids is 1. The Hall–Kier alpha value is -2.24. The average molecular weight is 533 g/mol. The van der Waals surface area contributed by atoms with Gasteiger partial charge in [0.15, 0.2) is 0 Å². The molecule has 0 atom stereocenters. The minimum absolute atomic E-state index is 1.08. The van der Waals surface area contributed by atoms with E-state index in [1.54, 1.807) is 0 Å². The fraction of sp³-hybridized carbons (Fsp3) is 0.514. The zero-order valence-corrected chi connectivity index (χ0v) is 28.7. The third kappa shape index (κ3) is 41.2. The summed E-state index contributed by atoms with van der Waals surface area (Å²) in [5.74, 6) is 5.36. The molecular formula is C35H64OS. The van der Waals surface area contributed by atoms with Crippen molar-refractivity contribution >= 4 is 19.4 Å². The highest BCUT2D eigenvalue weighted by Gasteiger charge is 1.95. The maximum absolute atomic E-state index is 8.00. The molecule has 0 aliphatic heterocycles. The lowest BCUT2D eigenvalue weighted by Gasteiger charge is -2.04. The van der Waals surface area contributed by atoms with Gasteiger partial charge in [-0.2, -0.15) is 0 Å². The molecule has 0 amide bonds. The molecule has 0 heterocycles. The van der Waals surface area contributed by atoms with E-state index in [0.717, 1.165) is 4.90 Å². The van der Waals surface area contributed by atoms with Crippen LogP contribution in [0.15, 0.2) is 48.4 Å². The van der Waals surface area contributed by atoms with Crippen molar-refractivity contribution in [2.75, 3.05) is 0 Å². The monoisotopic (exact) mass is 532 g/mol. The summed E-state index contributed by atoms with van der Waals surface area (Å²) in [5.41, 5.74) is 8.08. The van der Waals surface area contributed by atoms with Crippen molar-refractivity contribution in [1.82, 2.24) is 0 Å². The van der Waals surface area contributed by atoms with Crippen LogP contribution >= 0.6 is 12.6 Å². The summed E-state index contributed by atoms with van der Waals surface area (Å²) >= 11 is 4.27. The van der Waals surface area contributed by atoms with E-state index >= 15 is 0 Å². The Bertz CT molecular complexity index is 692. The molecule has 2 aromatic rings. The van der Waals surface area contributed by atoms with E-state index < -0.39 is 0 Å². The van der Waals surface area contributed by atoms with E-state index in [1.165, 1.54) is 46.2 Å². The first-order chi connectivity index (χ1) is 17.6. The number of unbranched alkanes of at least 4 members (excludes halogenated alkanes) is 1. The fourth-order valence-corrected chi connectivity index (χ4v) is 2.10. The SMILES string of the molecule is C=C.C=O.CC.CC.CC.CC#CC.CCCC.Cc1cc(C)c(C)cc1C.Cc1ccc(C)c(S)c1. The van der Waals surface area contributed by atoms with Crippen molar-refractivity contribution in [2.45, 2.75) is 129 Å². The molecule has 216 valence electrons. The molecule has 2 aromatic carbocycles. The van der Waals surface area contributed by atoms with Gasteiger partial charge in [0.1, 0.15) is 6.79 Å². The first-order valence-electron chi connectivity index (χ1n) is 13.6. The molecule has 0 unspecified atom stereocenters. The van der Waals surface area contributed by atoms with Gasteiger partial charge in [0.05, 0.1) is 0 Å². The topological polar surface area (TPSA) is 17.1 Å². The number of rotatable bonds is 1. The van der Waals surface area contributed by atoms with Crippen molar-refractivity contribution in [3.05, 3.63) is 76.9 Å². The van der Waals surface area contributed by atoms with Gasteiger partial charge in [-0.15, -0.1) is 37.6 Å². The number of carbonyl (C=O) groups is 1. The number of hydrogen-bond donors (Lipinski definition) is 1. The molecular weight excluding hydrogens is 468 g/mol.